The number of nitrogens with one attached hydrogen (secondary N) is 1. The maximum Gasteiger partial charge on any atom is 0.242 e. The smallest absolute Gasteiger partial charge is 0.242 e. The van der Waals surface area contributed by atoms with Gasteiger partial charge in [0, 0.05) is 19.2 Å². The topological polar surface area (TPSA) is 114 Å². The molecule has 1 aliphatic rings. The van der Waals surface area contributed by atoms with Gasteiger partial charge in [0.15, 0.2) is 5.82 Å². The molecular formula is C14H16N6O2S. The van der Waals surface area contributed by atoms with Crippen LogP contribution in [0.3, 0.4) is 0 Å². The Bertz CT molecular complexity index is 850. The van der Waals surface area contributed by atoms with Crippen LogP contribution in [0.25, 0.3) is 0 Å². The molecule has 0 amide bonds. The number of hydrogen-bond donors (Lipinski definition) is 1. The van der Waals surface area contributed by atoms with Crippen LogP contribution in [0.1, 0.15) is 43.1 Å². The summed E-state index contributed by atoms with van der Waals surface area (Å²) in [6.07, 6.45) is 3.40. The average Bonchev–Trinajstić information content (AvgIpc) is 2.99. The quantitative estimate of drug-likeness (QED) is 0.890. The minimum Gasteiger partial charge on any atom is -0.248 e. The summed E-state index contributed by atoms with van der Waals surface area (Å²) >= 11 is 0. The molecule has 0 bridgehead atoms. The van der Waals surface area contributed by atoms with Crippen LogP contribution in [0.15, 0.2) is 23.2 Å². The van der Waals surface area contributed by atoms with Gasteiger partial charge in [0.1, 0.15) is 22.5 Å². The summed E-state index contributed by atoms with van der Waals surface area (Å²) in [5.41, 5.74) is 0.175. The SMILES string of the molecule is CCc1nc2n(n1)CCCC2NS(=O)(=O)c1ccc(C#N)nc1. The van der Waals surface area contributed by atoms with E-state index in [1.807, 2.05) is 13.0 Å². The molecule has 0 saturated heterocycles. The van der Waals surface area contributed by atoms with Gasteiger partial charge in [-0.15, -0.1) is 0 Å². The molecule has 1 unspecified atom stereocenters. The highest BCUT2D eigenvalue weighted by atomic mass is 32.2. The Morgan fingerprint density at radius 2 is 2.30 bits per heavy atom. The second kappa shape index (κ2) is 6.06. The van der Waals surface area contributed by atoms with E-state index in [4.69, 9.17) is 5.26 Å². The van der Waals surface area contributed by atoms with Gasteiger partial charge in [-0.3, -0.25) is 0 Å². The van der Waals surface area contributed by atoms with E-state index in [-0.39, 0.29) is 10.6 Å². The van der Waals surface area contributed by atoms with Crippen molar-refractivity contribution in [1.29, 1.82) is 5.26 Å². The molecule has 9 heteroatoms. The van der Waals surface area contributed by atoms with E-state index in [0.29, 0.717) is 24.5 Å². The summed E-state index contributed by atoms with van der Waals surface area (Å²) in [4.78, 5) is 8.26. The first-order chi connectivity index (χ1) is 11.0. The molecule has 0 radical (unpaired) electrons. The van der Waals surface area contributed by atoms with Crippen LogP contribution in [0.2, 0.25) is 0 Å². The van der Waals surface area contributed by atoms with E-state index in [0.717, 1.165) is 13.0 Å². The first-order valence-electron chi connectivity index (χ1n) is 7.35. The zero-order valence-corrected chi connectivity index (χ0v) is 13.4. The van der Waals surface area contributed by atoms with Gasteiger partial charge in [-0.25, -0.2) is 27.8 Å². The van der Waals surface area contributed by atoms with E-state index < -0.39 is 16.1 Å². The number of aromatic nitrogens is 4. The molecule has 0 aromatic carbocycles. The summed E-state index contributed by atoms with van der Waals surface area (Å²) in [6.45, 7) is 2.71. The van der Waals surface area contributed by atoms with Gasteiger partial charge >= 0.3 is 0 Å². The molecule has 120 valence electrons. The van der Waals surface area contributed by atoms with Gasteiger partial charge in [0.25, 0.3) is 0 Å². The predicted molar refractivity (Wildman–Crippen MR) is 80.6 cm³/mol. The van der Waals surface area contributed by atoms with Crippen molar-refractivity contribution in [2.45, 2.75) is 43.7 Å². The molecule has 0 saturated carbocycles. The van der Waals surface area contributed by atoms with E-state index in [1.54, 1.807) is 4.68 Å². The van der Waals surface area contributed by atoms with Crippen LogP contribution in [-0.2, 0) is 23.0 Å². The van der Waals surface area contributed by atoms with Gasteiger partial charge in [0.2, 0.25) is 10.0 Å². The van der Waals surface area contributed by atoms with E-state index >= 15 is 0 Å². The van der Waals surface area contributed by atoms with E-state index in [9.17, 15) is 8.42 Å². The van der Waals surface area contributed by atoms with Crippen molar-refractivity contribution in [2.24, 2.45) is 0 Å². The van der Waals surface area contributed by atoms with Gasteiger partial charge < -0.3 is 0 Å². The molecule has 0 fully saturated rings. The number of fused-ring (bicyclic) bond motifs is 1. The highest BCUT2D eigenvalue weighted by molar-refractivity contribution is 7.89. The fraction of sp³-hybridized carbons (Fsp3) is 0.429. The molecule has 23 heavy (non-hydrogen) atoms. The molecule has 0 aliphatic carbocycles. The van der Waals surface area contributed by atoms with Gasteiger partial charge in [0.05, 0.1) is 6.04 Å². The van der Waals surface area contributed by atoms with E-state index in [1.165, 1.54) is 18.3 Å². The number of nitrogens with zero attached hydrogens (tertiary/aromatic N) is 5. The molecular weight excluding hydrogens is 316 g/mol. The van der Waals surface area contributed by atoms with Crippen LogP contribution in [0, 0.1) is 11.3 Å². The van der Waals surface area contributed by atoms with Crippen LogP contribution in [0.5, 0.6) is 0 Å². The third kappa shape index (κ3) is 3.09. The van der Waals surface area contributed by atoms with Crippen molar-refractivity contribution in [3.05, 3.63) is 35.7 Å². The van der Waals surface area contributed by atoms with Gasteiger partial charge in [-0.2, -0.15) is 10.4 Å². The maximum absolute atomic E-state index is 12.5. The summed E-state index contributed by atoms with van der Waals surface area (Å²) in [6, 6.07) is 4.21. The minimum atomic E-state index is -3.73. The Kier molecular flexibility index (Phi) is 4.11. The lowest BCUT2D eigenvalue weighted by molar-refractivity contribution is 0.399. The Labute approximate surface area is 134 Å². The van der Waals surface area contributed by atoms with Crippen LogP contribution in [-0.4, -0.2) is 28.2 Å². The van der Waals surface area contributed by atoms with Crippen molar-refractivity contribution < 1.29 is 8.42 Å². The van der Waals surface area contributed by atoms with Crippen molar-refractivity contribution in [2.75, 3.05) is 0 Å². The molecule has 2 aromatic heterocycles. The highest BCUT2D eigenvalue weighted by Crippen LogP contribution is 2.25. The normalized spacial score (nSPS) is 17.5. The third-order valence-corrected chi connectivity index (χ3v) is 5.15. The Balaban J connectivity index is 1.86. The van der Waals surface area contributed by atoms with Crippen molar-refractivity contribution in [1.82, 2.24) is 24.5 Å². The number of pyridine rings is 1. The van der Waals surface area contributed by atoms with Gasteiger partial charge in [-0.05, 0) is 25.0 Å². The fourth-order valence-corrected chi connectivity index (χ4v) is 3.69. The lowest BCUT2D eigenvalue weighted by atomic mass is 10.1. The Morgan fingerprint density at radius 3 is 2.96 bits per heavy atom. The first kappa shape index (κ1) is 15.6. The standard InChI is InChI=1S/C14H16N6O2S/c1-2-13-17-14-12(4-3-7-20(14)18-13)19-23(21,22)11-6-5-10(8-15)16-9-11/h5-6,9,12,19H,2-4,7H2,1H3. The molecule has 1 atom stereocenters. The molecule has 1 N–H and O–H groups in total. The molecule has 3 rings (SSSR count). The zero-order chi connectivity index (χ0) is 16.4. The molecule has 2 aromatic rings. The van der Waals surface area contributed by atoms with Crippen molar-refractivity contribution >= 4 is 10.0 Å². The largest absolute Gasteiger partial charge is 0.248 e. The molecule has 0 spiro atoms. The summed E-state index contributed by atoms with van der Waals surface area (Å²) in [7, 11) is -3.73. The van der Waals surface area contributed by atoms with Gasteiger partial charge in [-0.1, -0.05) is 6.92 Å². The minimum absolute atomic E-state index is 0.0313. The Morgan fingerprint density at radius 1 is 1.48 bits per heavy atom. The lowest BCUT2D eigenvalue weighted by Gasteiger charge is -2.22. The number of nitriles is 1. The molecule has 8 nitrogen and oxygen atoms in total. The number of rotatable bonds is 4. The second-order valence-corrected chi connectivity index (χ2v) is 6.98. The van der Waals surface area contributed by atoms with Crippen LogP contribution in [0.4, 0.5) is 0 Å². The van der Waals surface area contributed by atoms with E-state index in [2.05, 4.69) is 19.8 Å². The molecule has 1 aliphatic heterocycles. The zero-order valence-electron chi connectivity index (χ0n) is 12.6. The third-order valence-electron chi connectivity index (χ3n) is 3.69. The highest BCUT2D eigenvalue weighted by Gasteiger charge is 2.28. The predicted octanol–water partition coefficient (Wildman–Crippen LogP) is 0.921. The van der Waals surface area contributed by atoms with Crippen LogP contribution >= 0.6 is 0 Å². The molecule has 3 heterocycles. The van der Waals surface area contributed by atoms with Crippen LogP contribution < -0.4 is 4.72 Å². The summed E-state index contributed by atoms with van der Waals surface area (Å²) in [5.74, 6) is 1.37. The lowest BCUT2D eigenvalue weighted by Crippen LogP contribution is -2.33. The summed E-state index contributed by atoms with van der Waals surface area (Å²) < 4.78 is 29.4. The van der Waals surface area contributed by atoms with Crippen molar-refractivity contribution in [3.63, 3.8) is 0 Å². The first-order valence-corrected chi connectivity index (χ1v) is 8.84. The number of aryl methyl sites for hydroxylation is 2. The fourth-order valence-electron chi connectivity index (χ4n) is 2.52. The number of sulfonamides is 1. The summed E-state index contributed by atoms with van der Waals surface area (Å²) in [5, 5.41) is 13.1. The van der Waals surface area contributed by atoms with Crippen molar-refractivity contribution in [3.8, 4) is 6.07 Å². The monoisotopic (exact) mass is 332 g/mol. The average molecular weight is 332 g/mol. The maximum atomic E-state index is 12.5. The number of hydrogen-bond acceptors (Lipinski definition) is 6. The Hall–Kier alpha value is -2.31. The second-order valence-electron chi connectivity index (χ2n) is 5.27.